The molecular formula is C16H17ClN2OS. The third-order valence-corrected chi connectivity index (χ3v) is 4.63. The summed E-state index contributed by atoms with van der Waals surface area (Å²) in [5.74, 6) is 0.741. The fraction of sp³-hybridized carbons (Fsp3) is 0.250. The van der Waals surface area contributed by atoms with Gasteiger partial charge in [0.25, 0.3) is 0 Å². The summed E-state index contributed by atoms with van der Waals surface area (Å²) in [6.07, 6.45) is 1.59. The Kier molecular flexibility index (Phi) is 5.65. The molecule has 0 radical (unpaired) electrons. The van der Waals surface area contributed by atoms with Gasteiger partial charge in [0.15, 0.2) is 5.15 Å². The van der Waals surface area contributed by atoms with E-state index in [0.29, 0.717) is 10.8 Å². The first-order chi connectivity index (χ1) is 10.1. The molecule has 2 aromatic rings. The minimum atomic E-state index is -0.166. The van der Waals surface area contributed by atoms with E-state index in [2.05, 4.69) is 29.4 Å². The molecule has 0 unspecified atom stereocenters. The number of aromatic nitrogens is 1. The smallest absolute Gasteiger partial charge is 0.237 e. The van der Waals surface area contributed by atoms with E-state index < -0.39 is 0 Å². The molecule has 0 spiro atoms. The Bertz CT molecular complexity index is 633. The number of carbonyl (C=O) groups excluding carboxylic acids is 1. The van der Waals surface area contributed by atoms with Gasteiger partial charge in [-0.25, -0.2) is 4.98 Å². The summed E-state index contributed by atoms with van der Waals surface area (Å²) in [6.45, 7) is 3.97. The minimum absolute atomic E-state index is 0.0662. The Morgan fingerprint density at radius 3 is 2.81 bits per heavy atom. The summed E-state index contributed by atoms with van der Waals surface area (Å²) in [7, 11) is 0. The standard InChI is InChI=1S/C16H17ClN2OS/c1-11-6-3-4-7-13(11)10-21-12(2)16(20)19-14-8-5-9-18-15(14)17/h3-9,12H,10H2,1-2H3,(H,19,20)/t12-/m0/s1. The molecule has 0 fully saturated rings. The number of pyridine rings is 1. The monoisotopic (exact) mass is 320 g/mol. The van der Waals surface area contributed by atoms with Gasteiger partial charge in [0, 0.05) is 11.9 Å². The van der Waals surface area contributed by atoms with Crippen LogP contribution in [0.1, 0.15) is 18.1 Å². The van der Waals surface area contributed by atoms with Crippen molar-refractivity contribution in [1.29, 1.82) is 0 Å². The fourth-order valence-electron chi connectivity index (χ4n) is 1.78. The molecule has 1 heterocycles. The predicted molar refractivity (Wildman–Crippen MR) is 89.8 cm³/mol. The average Bonchev–Trinajstić information content (AvgIpc) is 2.48. The molecule has 0 saturated carbocycles. The number of amides is 1. The minimum Gasteiger partial charge on any atom is -0.323 e. The van der Waals surface area contributed by atoms with Crippen LogP contribution in [-0.4, -0.2) is 16.1 Å². The Hall–Kier alpha value is -1.52. The van der Waals surface area contributed by atoms with Crippen molar-refractivity contribution in [3.05, 3.63) is 58.9 Å². The van der Waals surface area contributed by atoms with Crippen molar-refractivity contribution >= 4 is 35.0 Å². The van der Waals surface area contributed by atoms with Crippen LogP contribution in [0, 0.1) is 6.92 Å². The van der Waals surface area contributed by atoms with Gasteiger partial charge in [-0.2, -0.15) is 0 Å². The molecule has 1 aromatic carbocycles. The molecule has 0 aliphatic heterocycles. The second-order valence-corrected chi connectivity index (χ2v) is 6.40. The molecule has 0 aliphatic carbocycles. The maximum Gasteiger partial charge on any atom is 0.237 e. The zero-order chi connectivity index (χ0) is 15.2. The van der Waals surface area contributed by atoms with Crippen LogP contribution in [0.5, 0.6) is 0 Å². The summed E-state index contributed by atoms with van der Waals surface area (Å²) in [6, 6.07) is 11.7. The van der Waals surface area contributed by atoms with Crippen LogP contribution >= 0.6 is 23.4 Å². The van der Waals surface area contributed by atoms with Crippen LogP contribution in [0.15, 0.2) is 42.6 Å². The van der Waals surface area contributed by atoms with E-state index in [-0.39, 0.29) is 11.2 Å². The second kappa shape index (κ2) is 7.48. The first-order valence-corrected chi connectivity index (χ1v) is 8.08. The van der Waals surface area contributed by atoms with Crippen LogP contribution in [0.25, 0.3) is 0 Å². The highest BCUT2D eigenvalue weighted by molar-refractivity contribution is 7.99. The first kappa shape index (κ1) is 15.9. The third-order valence-electron chi connectivity index (χ3n) is 3.14. The number of nitrogens with zero attached hydrogens (tertiary/aromatic N) is 1. The van der Waals surface area contributed by atoms with Gasteiger partial charge in [0.05, 0.1) is 10.9 Å². The summed E-state index contributed by atoms with van der Waals surface area (Å²) in [5.41, 5.74) is 3.04. The van der Waals surface area contributed by atoms with Gasteiger partial charge in [0.1, 0.15) is 0 Å². The van der Waals surface area contributed by atoms with Crippen molar-refractivity contribution in [2.24, 2.45) is 0 Å². The molecule has 0 aliphatic rings. The number of carbonyl (C=O) groups is 1. The molecule has 2 rings (SSSR count). The lowest BCUT2D eigenvalue weighted by molar-refractivity contribution is -0.115. The van der Waals surface area contributed by atoms with Gasteiger partial charge in [-0.15, -0.1) is 11.8 Å². The van der Waals surface area contributed by atoms with Crippen LogP contribution in [0.4, 0.5) is 5.69 Å². The molecule has 0 bridgehead atoms. The van der Waals surface area contributed by atoms with Crippen LogP contribution in [0.2, 0.25) is 5.15 Å². The van der Waals surface area contributed by atoms with E-state index >= 15 is 0 Å². The van der Waals surface area contributed by atoms with E-state index in [9.17, 15) is 4.79 Å². The molecule has 1 amide bonds. The summed E-state index contributed by atoms with van der Waals surface area (Å²) < 4.78 is 0. The largest absolute Gasteiger partial charge is 0.323 e. The fourth-order valence-corrected chi connectivity index (χ4v) is 2.91. The number of aryl methyl sites for hydroxylation is 1. The highest BCUT2D eigenvalue weighted by atomic mass is 35.5. The SMILES string of the molecule is Cc1ccccc1CS[C@@H](C)C(=O)Nc1cccnc1Cl. The Balaban J connectivity index is 1.91. The highest BCUT2D eigenvalue weighted by Gasteiger charge is 2.15. The van der Waals surface area contributed by atoms with Crippen molar-refractivity contribution in [2.75, 3.05) is 5.32 Å². The second-order valence-electron chi connectivity index (χ2n) is 4.71. The van der Waals surface area contributed by atoms with Crippen molar-refractivity contribution in [1.82, 2.24) is 4.98 Å². The number of hydrogen-bond donors (Lipinski definition) is 1. The van der Waals surface area contributed by atoms with Gasteiger partial charge in [-0.3, -0.25) is 4.79 Å². The van der Waals surface area contributed by atoms with E-state index in [4.69, 9.17) is 11.6 Å². The van der Waals surface area contributed by atoms with Gasteiger partial charge < -0.3 is 5.32 Å². The number of benzene rings is 1. The third kappa shape index (κ3) is 4.48. The number of hydrogen-bond acceptors (Lipinski definition) is 3. The predicted octanol–water partition coefficient (Wildman–Crippen LogP) is 4.30. The summed E-state index contributed by atoms with van der Waals surface area (Å²) >= 11 is 7.54. The first-order valence-electron chi connectivity index (χ1n) is 6.65. The Labute approximate surface area is 134 Å². The van der Waals surface area contributed by atoms with Crippen LogP contribution in [-0.2, 0) is 10.5 Å². The number of halogens is 1. The Morgan fingerprint density at radius 1 is 1.33 bits per heavy atom. The quantitative estimate of drug-likeness (QED) is 0.835. The summed E-state index contributed by atoms with van der Waals surface area (Å²) in [5, 5.41) is 2.95. The molecular weight excluding hydrogens is 304 g/mol. The highest BCUT2D eigenvalue weighted by Crippen LogP contribution is 2.23. The maximum atomic E-state index is 12.2. The van der Waals surface area contributed by atoms with Crippen molar-refractivity contribution in [2.45, 2.75) is 24.9 Å². The molecule has 21 heavy (non-hydrogen) atoms. The number of thioether (sulfide) groups is 1. The Morgan fingerprint density at radius 2 is 2.10 bits per heavy atom. The van der Waals surface area contributed by atoms with Gasteiger partial charge >= 0.3 is 0 Å². The molecule has 3 nitrogen and oxygen atoms in total. The van der Waals surface area contributed by atoms with E-state index in [0.717, 1.165) is 5.75 Å². The topological polar surface area (TPSA) is 42.0 Å². The number of nitrogens with one attached hydrogen (secondary N) is 1. The van der Waals surface area contributed by atoms with Crippen molar-refractivity contribution < 1.29 is 4.79 Å². The molecule has 110 valence electrons. The summed E-state index contributed by atoms with van der Waals surface area (Å²) in [4.78, 5) is 16.1. The molecule has 0 saturated heterocycles. The lowest BCUT2D eigenvalue weighted by Gasteiger charge is -2.13. The molecule has 1 aromatic heterocycles. The van der Waals surface area contributed by atoms with E-state index in [1.54, 1.807) is 30.1 Å². The van der Waals surface area contributed by atoms with Crippen LogP contribution < -0.4 is 5.32 Å². The van der Waals surface area contributed by atoms with Gasteiger partial charge in [-0.05, 0) is 37.1 Å². The normalized spacial score (nSPS) is 12.0. The number of rotatable bonds is 5. The molecule has 1 N–H and O–H groups in total. The van der Waals surface area contributed by atoms with Crippen molar-refractivity contribution in [3.63, 3.8) is 0 Å². The van der Waals surface area contributed by atoms with Crippen molar-refractivity contribution in [3.8, 4) is 0 Å². The van der Waals surface area contributed by atoms with Gasteiger partial charge in [-0.1, -0.05) is 35.9 Å². The zero-order valence-electron chi connectivity index (χ0n) is 12.0. The van der Waals surface area contributed by atoms with Gasteiger partial charge in [0.2, 0.25) is 5.91 Å². The average molecular weight is 321 g/mol. The maximum absolute atomic E-state index is 12.2. The van der Waals surface area contributed by atoms with E-state index in [1.165, 1.54) is 11.1 Å². The number of anilines is 1. The molecule has 1 atom stereocenters. The lowest BCUT2D eigenvalue weighted by Crippen LogP contribution is -2.22. The zero-order valence-corrected chi connectivity index (χ0v) is 13.5. The van der Waals surface area contributed by atoms with Crippen LogP contribution in [0.3, 0.4) is 0 Å². The molecule has 5 heteroatoms. The lowest BCUT2D eigenvalue weighted by atomic mass is 10.1. The van der Waals surface area contributed by atoms with E-state index in [1.807, 2.05) is 19.1 Å².